The number of benzene rings is 1. The number of hydrogen-bond acceptors (Lipinski definition) is 4. The first-order chi connectivity index (χ1) is 9.51. The molecule has 0 saturated carbocycles. The summed E-state index contributed by atoms with van der Waals surface area (Å²) < 4.78 is 11.2. The molecule has 1 unspecified atom stereocenters. The standard InChI is InChI=1S/C14H18BrNO4/c1-4-9(2)16-13(18)8-20-14-11(15)5-10(7-17)6-12(14)19-3/h5-7,9H,4,8H2,1-3H3,(H,16,18). The topological polar surface area (TPSA) is 64.6 Å². The van der Waals surface area contributed by atoms with E-state index in [0.29, 0.717) is 27.8 Å². The minimum atomic E-state index is -0.201. The van der Waals surface area contributed by atoms with Crippen molar-refractivity contribution >= 4 is 28.1 Å². The lowest BCUT2D eigenvalue weighted by Gasteiger charge is -2.15. The Morgan fingerprint density at radius 1 is 1.50 bits per heavy atom. The van der Waals surface area contributed by atoms with Crippen molar-refractivity contribution in [2.75, 3.05) is 13.7 Å². The molecule has 1 amide bonds. The van der Waals surface area contributed by atoms with Gasteiger partial charge in [-0.25, -0.2) is 0 Å². The smallest absolute Gasteiger partial charge is 0.258 e. The molecule has 1 atom stereocenters. The van der Waals surface area contributed by atoms with E-state index in [1.165, 1.54) is 7.11 Å². The number of methoxy groups -OCH3 is 1. The van der Waals surface area contributed by atoms with Crippen LogP contribution in [-0.2, 0) is 4.79 Å². The summed E-state index contributed by atoms with van der Waals surface area (Å²) in [5.74, 6) is 0.600. The quantitative estimate of drug-likeness (QED) is 0.772. The maximum atomic E-state index is 11.7. The number of halogens is 1. The Bertz CT molecular complexity index is 490. The number of rotatable bonds is 7. The second-order valence-electron chi connectivity index (χ2n) is 4.32. The second kappa shape index (κ2) is 7.89. The van der Waals surface area contributed by atoms with Gasteiger partial charge in [-0.15, -0.1) is 0 Å². The van der Waals surface area contributed by atoms with Crippen LogP contribution in [0.3, 0.4) is 0 Å². The maximum absolute atomic E-state index is 11.7. The van der Waals surface area contributed by atoms with Crippen molar-refractivity contribution in [2.24, 2.45) is 0 Å². The van der Waals surface area contributed by atoms with Crippen LogP contribution >= 0.6 is 15.9 Å². The molecule has 1 rings (SSSR count). The summed E-state index contributed by atoms with van der Waals surface area (Å²) in [6.07, 6.45) is 1.57. The highest BCUT2D eigenvalue weighted by Crippen LogP contribution is 2.36. The Hall–Kier alpha value is -1.56. The summed E-state index contributed by atoms with van der Waals surface area (Å²) in [6.45, 7) is 3.80. The molecule has 0 aliphatic carbocycles. The van der Waals surface area contributed by atoms with Crippen LogP contribution in [0.15, 0.2) is 16.6 Å². The predicted molar refractivity (Wildman–Crippen MR) is 79.5 cm³/mol. The molecule has 0 aliphatic rings. The summed E-state index contributed by atoms with van der Waals surface area (Å²) in [5.41, 5.74) is 0.463. The number of carbonyl (C=O) groups excluding carboxylic acids is 2. The van der Waals surface area contributed by atoms with E-state index in [2.05, 4.69) is 21.2 Å². The number of aldehydes is 1. The minimum absolute atomic E-state index is 0.105. The van der Waals surface area contributed by atoms with Crippen LogP contribution in [0.5, 0.6) is 11.5 Å². The van der Waals surface area contributed by atoms with Crippen molar-refractivity contribution in [1.82, 2.24) is 5.32 Å². The Labute approximate surface area is 126 Å². The lowest BCUT2D eigenvalue weighted by molar-refractivity contribution is -0.123. The van der Waals surface area contributed by atoms with Crippen molar-refractivity contribution in [1.29, 1.82) is 0 Å². The zero-order valence-corrected chi connectivity index (χ0v) is 13.3. The molecule has 1 N–H and O–H groups in total. The number of nitrogens with one attached hydrogen (secondary N) is 1. The Balaban J connectivity index is 2.77. The molecule has 0 fully saturated rings. The molecular formula is C14H18BrNO4. The van der Waals surface area contributed by atoms with Crippen molar-refractivity contribution in [3.63, 3.8) is 0 Å². The van der Waals surface area contributed by atoms with Gasteiger partial charge >= 0.3 is 0 Å². The van der Waals surface area contributed by atoms with Crippen LogP contribution in [0.25, 0.3) is 0 Å². The third kappa shape index (κ3) is 4.52. The zero-order chi connectivity index (χ0) is 15.1. The van der Waals surface area contributed by atoms with Crippen LogP contribution in [0.1, 0.15) is 30.6 Å². The van der Waals surface area contributed by atoms with Gasteiger partial charge in [-0.05, 0) is 41.4 Å². The number of ether oxygens (including phenoxy) is 2. The lowest BCUT2D eigenvalue weighted by atomic mass is 10.2. The van der Waals surface area contributed by atoms with E-state index in [9.17, 15) is 9.59 Å². The minimum Gasteiger partial charge on any atom is -0.493 e. The van der Waals surface area contributed by atoms with Crippen LogP contribution in [-0.4, -0.2) is 32.0 Å². The molecule has 0 heterocycles. The Kier molecular flexibility index (Phi) is 6.51. The highest BCUT2D eigenvalue weighted by molar-refractivity contribution is 9.10. The molecule has 1 aromatic carbocycles. The maximum Gasteiger partial charge on any atom is 0.258 e. The van der Waals surface area contributed by atoms with Gasteiger partial charge in [-0.1, -0.05) is 6.92 Å². The van der Waals surface area contributed by atoms with E-state index >= 15 is 0 Å². The molecule has 20 heavy (non-hydrogen) atoms. The molecule has 1 aromatic rings. The number of amides is 1. The fourth-order valence-corrected chi connectivity index (χ4v) is 2.08. The van der Waals surface area contributed by atoms with E-state index in [1.807, 2.05) is 13.8 Å². The predicted octanol–water partition coefficient (Wildman–Crippen LogP) is 2.56. The summed E-state index contributed by atoms with van der Waals surface area (Å²) >= 11 is 3.30. The third-order valence-corrected chi connectivity index (χ3v) is 3.34. The third-order valence-electron chi connectivity index (χ3n) is 2.76. The van der Waals surface area contributed by atoms with Crippen LogP contribution < -0.4 is 14.8 Å². The van der Waals surface area contributed by atoms with Gasteiger partial charge < -0.3 is 14.8 Å². The second-order valence-corrected chi connectivity index (χ2v) is 5.17. The van der Waals surface area contributed by atoms with E-state index in [1.54, 1.807) is 12.1 Å². The van der Waals surface area contributed by atoms with Gasteiger partial charge in [-0.3, -0.25) is 9.59 Å². The molecule has 6 heteroatoms. The van der Waals surface area contributed by atoms with Gasteiger partial charge in [0.15, 0.2) is 18.1 Å². The molecule has 0 saturated heterocycles. The molecule has 110 valence electrons. The van der Waals surface area contributed by atoms with Gasteiger partial charge in [0.2, 0.25) is 0 Å². The largest absolute Gasteiger partial charge is 0.493 e. The molecular weight excluding hydrogens is 326 g/mol. The van der Waals surface area contributed by atoms with Crippen molar-refractivity contribution in [3.8, 4) is 11.5 Å². The highest BCUT2D eigenvalue weighted by atomic mass is 79.9. The van der Waals surface area contributed by atoms with Crippen molar-refractivity contribution < 1.29 is 19.1 Å². The SMILES string of the molecule is CCC(C)NC(=O)COc1c(Br)cc(C=O)cc1OC. The summed E-state index contributed by atoms with van der Waals surface area (Å²) in [4.78, 5) is 22.4. The lowest BCUT2D eigenvalue weighted by Crippen LogP contribution is -2.35. The van der Waals surface area contributed by atoms with Gasteiger partial charge in [-0.2, -0.15) is 0 Å². The Morgan fingerprint density at radius 3 is 2.75 bits per heavy atom. The van der Waals surface area contributed by atoms with E-state index < -0.39 is 0 Å². The van der Waals surface area contributed by atoms with Crippen molar-refractivity contribution in [2.45, 2.75) is 26.3 Å². The number of hydrogen-bond donors (Lipinski definition) is 1. The molecule has 5 nitrogen and oxygen atoms in total. The van der Waals surface area contributed by atoms with Gasteiger partial charge in [0.1, 0.15) is 6.29 Å². The zero-order valence-electron chi connectivity index (χ0n) is 11.7. The highest BCUT2D eigenvalue weighted by Gasteiger charge is 2.14. The number of carbonyl (C=O) groups is 2. The van der Waals surface area contributed by atoms with Crippen LogP contribution in [0.2, 0.25) is 0 Å². The first kappa shape index (κ1) is 16.5. The Morgan fingerprint density at radius 2 is 2.20 bits per heavy atom. The normalized spacial score (nSPS) is 11.6. The summed E-state index contributed by atoms with van der Waals surface area (Å²) in [6, 6.07) is 3.27. The fourth-order valence-electron chi connectivity index (χ4n) is 1.50. The molecule has 0 aliphatic heterocycles. The average molecular weight is 344 g/mol. The van der Waals surface area contributed by atoms with E-state index in [4.69, 9.17) is 9.47 Å². The first-order valence-electron chi connectivity index (χ1n) is 6.26. The van der Waals surface area contributed by atoms with Gasteiger partial charge in [0.05, 0.1) is 11.6 Å². The summed E-state index contributed by atoms with van der Waals surface area (Å²) in [7, 11) is 1.47. The average Bonchev–Trinajstić information content (AvgIpc) is 2.44. The van der Waals surface area contributed by atoms with E-state index in [-0.39, 0.29) is 18.6 Å². The first-order valence-corrected chi connectivity index (χ1v) is 7.06. The van der Waals surface area contributed by atoms with Gasteiger partial charge in [0.25, 0.3) is 5.91 Å². The van der Waals surface area contributed by atoms with E-state index in [0.717, 1.165) is 6.42 Å². The van der Waals surface area contributed by atoms with Gasteiger partial charge in [0, 0.05) is 11.6 Å². The molecule has 0 aromatic heterocycles. The summed E-state index contributed by atoms with van der Waals surface area (Å²) in [5, 5.41) is 2.80. The monoisotopic (exact) mass is 343 g/mol. The molecule has 0 spiro atoms. The molecule has 0 bridgehead atoms. The fraction of sp³-hybridized carbons (Fsp3) is 0.429. The van der Waals surface area contributed by atoms with Crippen molar-refractivity contribution in [3.05, 3.63) is 22.2 Å². The molecule has 0 radical (unpaired) electrons. The van der Waals surface area contributed by atoms with Crippen LogP contribution in [0.4, 0.5) is 0 Å². The van der Waals surface area contributed by atoms with Crippen LogP contribution in [0, 0.1) is 0 Å².